The molecule has 0 heterocycles. The Balaban J connectivity index is 3.15. The molecule has 0 aromatic heterocycles. The lowest BCUT2D eigenvalue weighted by Crippen LogP contribution is -2.11. The molecular weight excluding hydrogens is 184 g/mol. The normalized spacial score (nSPS) is 10.9. The molecule has 15 heavy (non-hydrogen) atoms. The molecule has 0 spiro atoms. The van der Waals surface area contributed by atoms with E-state index in [0.29, 0.717) is 0 Å². The topological polar surface area (TPSA) is 35.8 Å². The minimum atomic E-state index is 0.0936. The number of nitriles is 1. The Labute approximate surface area is 91.9 Å². The summed E-state index contributed by atoms with van der Waals surface area (Å²) < 4.78 is 0. The highest BCUT2D eigenvalue weighted by Gasteiger charge is 2.15. The first-order valence-corrected chi connectivity index (χ1v) is 5.27. The zero-order chi connectivity index (χ0) is 11.5. The Morgan fingerprint density at radius 1 is 1.33 bits per heavy atom. The van der Waals surface area contributed by atoms with Gasteiger partial charge in [-0.25, -0.2) is 0 Å². The number of rotatable bonds is 2. The Morgan fingerprint density at radius 2 is 2.00 bits per heavy atom. The summed E-state index contributed by atoms with van der Waals surface area (Å²) in [4.78, 5) is 0. The van der Waals surface area contributed by atoms with Crippen molar-refractivity contribution in [2.45, 2.75) is 33.1 Å². The second kappa shape index (κ2) is 4.35. The Kier molecular flexibility index (Phi) is 3.36. The van der Waals surface area contributed by atoms with Gasteiger partial charge >= 0.3 is 0 Å². The van der Waals surface area contributed by atoms with E-state index < -0.39 is 0 Å². The van der Waals surface area contributed by atoms with Crippen molar-refractivity contribution in [1.82, 2.24) is 0 Å². The molecule has 2 nitrogen and oxygen atoms in total. The second-order valence-corrected chi connectivity index (χ2v) is 4.65. The molecule has 0 amide bonds. The highest BCUT2D eigenvalue weighted by molar-refractivity contribution is 5.59. The quantitative estimate of drug-likeness (QED) is 0.798. The van der Waals surface area contributed by atoms with E-state index in [4.69, 9.17) is 5.26 Å². The van der Waals surface area contributed by atoms with Crippen molar-refractivity contribution in [3.05, 3.63) is 29.3 Å². The van der Waals surface area contributed by atoms with Crippen LogP contribution in [0.15, 0.2) is 18.2 Å². The number of benzene rings is 1. The van der Waals surface area contributed by atoms with Crippen LogP contribution >= 0.6 is 0 Å². The smallest absolute Gasteiger partial charge is 0.101 e. The van der Waals surface area contributed by atoms with Gasteiger partial charge in [0.2, 0.25) is 0 Å². The summed E-state index contributed by atoms with van der Waals surface area (Å²) in [6.45, 7) is 9.31. The van der Waals surface area contributed by atoms with Crippen molar-refractivity contribution in [3.63, 3.8) is 0 Å². The van der Waals surface area contributed by atoms with Gasteiger partial charge in [0.1, 0.15) is 6.07 Å². The average molecular weight is 202 g/mol. The molecule has 0 saturated heterocycles. The van der Waals surface area contributed by atoms with Gasteiger partial charge in [0.25, 0.3) is 0 Å². The first-order chi connectivity index (χ1) is 6.99. The summed E-state index contributed by atoms with van der Waals surface area (Å²) in [5.74, 6) is 0. The SMILES string of the molecule is CCNc1ccc(C(C)(C)C)cc1C#N. The zero-order valence-corrected chi connectivity index (χ0v) is 9.89. The summed E-state index contributed by atoms with van der Waals surface area (Å²) in [6.07, 6.45) is 0. The van der Waals surface area contributed by atoms with Crippen LogP contribution in [0.2, 0.25) is 0 Å². The molecule has 0 radical (unpaired) electrons. The molecule has 0 fully saturated rings. The van der Waals surface area contributed by atoms with Crippen LogP contribution in [-0.4, -0.2) is 6.54 Å². The Morgan fingerprint density at radius 3 is 2.47 bits per heavy atom. The van der Waals surface area contributed by atoms with E-state index in [9.17, 15) is 0 Å². The summed E-state index contributed by atoms with van der Waals surface area (Å²) in [5, 5.41) is 12.2. The van der Waals surface area contributed by atoms with Crippen molar-refractivity contribution in [2.24, 2.45) is 0 Å². The lowest BCUT2D eigenvalue weighted by atomic mass is 9.86. The third-order valence-corrected chi connectivity index (χ3v) is 2.37. The number of anilines is 1. The third-order valence-electron chi connectivity index (χ3n) is 2.37. The molecular formula is C13H18N2. The molecule has 0 bridgehead atoms. The lowest BCUT2D eigenvalue weighted by Gasteiger charge is -2.20. The first-order valence-electron chi connectivity index (χ1n) is 5.27. The van der Waals surface area contributed by atoms with E-state index in [2.05, 4.69) is 38.2 Å². The van der Waals surface area contributed by atoms with E-state index >= 15 is 0 Å². The van der Waals surface area contributed by atoms with Gasteiger partial charge in [-0.1, -0.05) is 26.8 Å². The van der Waals surface area contributed by atoms with Gasteiger partial charge in [-0.2, -0.15) is 5.26 Å². The van der Waals surface area contributed by atoms with E-state index in [1.165, 1.54) is 5.56 Å². The Bertz CT molecular complexity index is 381. The summed E-state index contributed by atoms with van der Waals surface area (Å²) in [5.41, 5.74) is 2.94. The fraction of sp³-hybridized carbons (Fsp3) is 0.462. The van der Waals surface area contributed by atoms with Gasteiger partial charge in [0, 0.05) is 6.54 Å². The van der Waals surface area contributed by atoms with Crippen molar-refractivity contribution in [1.29, 1.82) is 5.26 Å². The highest BCUT2D eigenvalue weighted by Crippen LogP contribution is 2.26. The first kappa shape index (κ1) is 11.6. The van der Waals surface area contributed by atoms with Gasteiger partial charge in [-0.15, -0.1) is 0 Å². The van der Waals surface area contributed by atoms with Gasteiger partial charge in [-0.05, 0) is 30.0 Å². The van der Waals surface area contributed by atoms with Gasteiger partial charge in [0.05, 0.1) is 11.3 Å². The summed E-state index contributed by atoms with van der Waals surface area (Å²) >= 11 is 0. The van der Waals surface area contributed by atoms with Crippen molar-refractivity contribution in [3.8, 4) is 6.07 Å². The monoisotopic (exact) mass is 202 g/mol. The minimum Gasteiger partial charge on any atom is -0.384 e. The van der Waals surface area contributed by atoms with Crippen LogP contribution in [0.4, 0.5) is 5.69 Å². The van der Waals surface area contributed by atoms with Gasteiger partial charge in [0.15, 0.2) is 0 Å². The van der Waals surface area contributed by atoms with E-state index in [0.717, 1.165) is 17.8 Å². The molecule has 1 aromatic rings. The molecule has 0 aliphatic rings. The predicted molar refractivity (Wildman–Crippen MR) is 64.0 cm³/mol. The van der Waals surface area contributed by atoms with Gasteiger partial charge in [-0.3, -0.25) is 0 Å². The van der Waals surface area contributed by atoms with Crippen molar-refractivity contribution >= 4 is 5.69 Å². The van der Waals surface area contributed by atoms with E-state index in [1.54, 1.807) is 0 Å². The molecule has 1 rings (SSSR count). The fourth-order valence-corrected chi connectivity index (χ4v) is 1.45. The molecule has 1 N–H and O–H groups in total. The van der Waals surface area contributed by atoms with Gasteiger partial charge < -0.3 is 5.32 Å². The third kappa shape index (κ3) is 2.73. The largest absolute Gasteiger partial charge is 0.384 e. The predicted octanol–water partition coefficient (Wildman–Crippen LogP) is 3.29. The number of hydrogen-bond donors (Lipinski definition) is 1. The number of nitrogens with one attached hydrogen (secondary N) is 1. The average Bonchev–Trinajstić information content (AvgIpc) is 2.17. The molecule has 0 atom stereocenters. The van der Waals surface area contributed by atoms with E-state index in [1.807, 2.05) is 19.1 Å². The van der Waals surface area contributed by atoms with Crippen molar-refractivity contribution < 1.29 is 0 Å². The maximum absolute atomic E-state index is 9.05. The molecule has 0 saturated carbocycles. The standard InChI is InChI=1S/C13H18N2/c1-5-15-12-7-6-11(13(2,3)4)8-10(12)9-14/h6-8,15H,5H2,1-4H3. The molecule has 1 aromatic carbocycles. The van der Waals surface area contributed by atoms with Crippen LogP contribution in [0.1, 0.15) is 38.8 Å². The highest BCUT2D eigenvalue weighted by atomic mass is 14.9. The summed E-state index contributed by atoms with van der Waals surface area (Å²) in [6, 6.07) is 8.27. The molecule has 0 aliphatic carbocycles. The maximum atomic E-state index is 9.05. The van der Waals surface area contributed by atoms with Crippen LogP contribution in [0.5, 0.6) is 0 Å². The summed E-state index contributed by atoms with van der Waals surface area (Å²) in [7, 11) is 0. The fourth-order valence-electron chi connectivity index (χ4n) is 1.45. The molecule has 2 heteroatoms. The molecule has 0 aliphatic heterocycles. The Hall–Kier alpha value is -1.49. The van der Waals surface area contributed by atoms with Crippen LogP contribution < -0.4 is 5.32 Å². The van der Waals surface area contributed by atoms with Crippen LogP contribution in [-0.2, 0) is 5.41 Å². The van der Waals surface area contributed by atoms with Crippen molar-refractivity contribution in [2.75, 3.05) is 11.9 Å². The molecule has 80 valence electrons. The maximum Gasteiger partial charge on any atom is 0.101 e. The zero-order valence-electron chi connectivity index (χ0n) is 9.89. The number of hydrogen-bond acceptors (Lipinski definition) is 2. The molecule has 0 unspecified atom stereocenters. The number of nitrogens with zero attached hydrogens (tertiary/aromatic N) is 1. The minimum absolute atomic E-state index is 0.0936. The van der Waals surface area contributed by atoms with E-state index in [-0.39, 0.29) is 5.41 Å². The second-order valence-electron chi connectivity index (χ2n) is 4.65. The van der Waals surface area contributed by atoms with Crippen LogP contribution in [0, 0.1) is 11.3 Å². The lowest BCUT2D eigenvalue weighted by molar-refractivity contribution is 0.590. The van der Waals surface area contributed by atoms with Crippen LogP contribution in [0.3, 0.4) is 0 Å². The van der Waals surface area contributed by atoms with Crippen LogP contribution in [0.25, 0.3) is 0 Å².